The lowest BCUT2D eigenvalue weighted by Gasteiger charge is -2.17. The molecule has 4 rings (SSSR count). The zero-order chi connectivity index (χ0) is 21.8. The zero-order valence-electron chi connectivity index (χ0n) is 17.7. The first-order chi connectivity index (χ1) is 15.1. The molecule has 0 spiro atoms. The van der Waals surface area contributed by atoms with Crippen LogP contribution in [-0.2, 0) is 4.74 Å². The smallest absolute Gasteiger partial charge is 0.338 e. The molecule has 1 aromatic carbocycles. The normalized spacial score (nSPS) is 11.8. The highest BCUT2D eigenvalue weighted by Gasteiger charge is 2.17. The van der Waals surface area contributed by atoms with E-state index in [1.54, 1.807) is 18.6 Å². The number of rotatable bonds is 6. The fourth-order valence-electron chi connectivity index (χ4n) is 3.48. The summed E-state index contributed by atoms with van der Waals surface area (Å²) in [6.45, 7) is 4.71. The lowest BCUT2D eigenvalue weighted by Crippen LogP contribution is -2.12. The Kier molecular flexibility index (Phi) is 5.84. The first-order valence-corrected chi connectivity index (χ1v) is 10.0. The summed E-state index contributed by atoms with van der Waals surface area (Å²) in [5.74, 6) is 0.499. The molecule has 0 saturated heterocycles. The predicted octanol–water partition coefficient (Wildman–Crippen LogP) is 4.40. The fraction of sp³-hybridized carbons (Fsp3) is 0.208. The number of nitrogens with one attached hydrogen (secondary N) is 1. The van der Waals surface area contributed by atoms with E-state index in [2.05, 4.69) is 32.2 Å². The third-order valence-electron chi connectivity index (χ3n) is 5.20. The molecule has 0 saturated carbocycles. The van der Waals surface area contributed by atoms with Gasteiger partial charge in [0.2, 0.25) is 0 Å². The van der Waals surface area contributed by atoms with E-state index < -0.39 is 0 Å². The fourth-order valence-corrected chi connectivity index (χ4v) is 3.48. The number of pyridine rings is 2. The van der Waals surface area contributed by atoms with Crippen LogP contribution in [0, 0.1) is 6.92 Å². The Balaban J connectivity index is 1.55. The highest BCUT2D eigenvalue weighted by molar-refractivity contribution is 6.04. The number of carbonyl (C=O) groups is 1. The lowest BCUT2D eigenvalue weighted by molar-refractivity contribution is 0.0603. The molecule has 1 N–H and O–H groups in total. The van der Waals surface area contributed by atoms with Crippen LogP contribution in [0.3, 0.4) is 0 Å². The van der Waals surface area contributed by atoms with Gasteiger partial charge in [0, 0.05) is 47.6 Å². The van der Waals surface area contributed by atoms with Gasteiger partial charge in [0.1, 0.15) is 12.1 Å². The van der Waals surface area contributed by atoms with Crippen molar-refractivity contribution in [3.05, 3.63) is 78.0 Å². The number of esters is 1. The quantitative estimate of drug-likeness (QED) is 0.469. The van der Waals surface area contributed by atoms with Crippen molar-refractivity contribution >= 4 is 22.7 Å². The molecule has 7 nitrogen and oxygen atoms in total. The largest absolute Gasteiger partial charge is 0.465 e. The number of ether oxygens (including phenoxy) is 1. The molecule has 3 heterocycles. The number of aryl methyl sites for hydroxylation is 1. The van der Waals surface area contributed by atoms with Gasteiger partial charge < -0.3 is 10.1 Å². The van der Waals surface area contributed by atoms with Crippen LogP contribution in [0.2, 0.25) is 0 Å². The summed E-state index contributed by atoms with van der Waals surface area (Å²) in [7, 11) is 1.38. The summed E-state index contributed by atoms with van der Waals surface area (Å²) in [4.78, 5) is 29.7. The molecule has 0 amide bonds. The number of nitrogens with zero attached hydrogens (tertiary/aromatic N) is 4. The topological polar surface area (TPSA) is 89.9 Å². The van der Waals surface area contributed by atoms with Gasteiger partial charge in [0.15, 0.2) is 0 Å². The van der Waals surface area contributed by atoms with Gasteiger partial charge >= 0.3 is 5.97 Å². The second kappa shape index (κ2) is 8.87. The minimum Gasteiger partial charge on any atom is -0.465 e. The number of carbonyl (C=O) groups excluding carboxylic acids is 1. The molecule has 3 aromatic heterocycles. The van der Waals surface area contributed by atoms with Gasteiger partial charge in [-0.1, -0.05) is 19.1 Å². The van der Waals surface area contributed by atoms with Gasteiger partial charge in [-0.05, 0) is 36.8 Å². The molecule has 0 radical (unpaired) electrons. The highest BCUT2D eigenvalue weighted by Crippen LogP contribution is 2.27. The number of benzene rings is 1. The van der Waals surface area contributed by atoms with Gasteiger partial charge in [-0.15, -0.1) is 0 Å². The predicted molar refractivity (Wildman–Crippen MR) is 120 cm³/mol. The minimum absolute atomic E-state index is 0.128. The average molecular weight is 413 g/mol. The molecule has 1 atom stereocenters. The first kappa shape index (κ1) is 20.4. The molecule has 31 heavy (non-hydrogen) atoms. The number of hydrogen-bond acceptors (Lipinski definition) is 7. The molecule has 156 valence electrons. The van der Waals surface area contributed by atoms with Crippen molar-refractivity contribution in [1.82, 2.24) is 19.9 Å². The third-order valence-corrected chi connectivity index (χ3v) is 5.20. The maximum absolute atomic E-state index is 12.1. The van der Waals surface area contributed by atoms with E-state index in [9.17, 15) is 4.79 Å². The van der Waals surface area contributed by atoms with E-state index in [1.165, 1.54) is 7.11 Å². The van der Waals surface area contributed by atoms with E-state index in [0.717, 1.165) is 39.2 Å². The van der Waals surface area contributed by atoms with Crippen LogP contribution in [0.5, 0.6) is 0 Å². The van der Waals surface area contributed by atoms with Crippen LogP contribution in [0.15, 0.2) is 61.2 Å². The van der Waals surface area contributed by atoms with Crippen molar-refractivity contribution in [3.8, 4) is 11.3 Å². The Bertz CT molecular complexity index is 1220. The minimum atomic E-state index is -0.366. The standard InChI is InChI=1S/C24H23N5O2/c1-15(18-8-9-20(24(30)31-3)19-5-4-10-25-23(18)19)12-27-22-11-21(28-14-29-22)17-7-6-16(2)26-13-17/h4-11,13-15H,12H2,1-3H3,(H,27,28,29). The summed E-state index contributed by atoms with van der Waals surface area (Å²) in [6, 6.07) is 13.3. The summed E-state index contributed by atoms with van der Waals surface area (Å²) < 4.78 is 4.91. The lowest BCUT2D eigenvalue weighted by atomic mass is 9.95. The maximum Gasteiger partial charge on any atom is 0.338 e. The summed E-state index contributed by atoms with van der Waals surface area (Å²) in [6.07, 6.45) is 5.09. The van der Waals surface area contributed by atoms with Crippen molar-refractivity contribution in [1.29, 1.82) is 0 Å². The van der Waals surface area contributed by atoms with Gasteiger partial charge in [0.25, 0.3) is 0 Å². The summed E-state index contributed by atoms with van der Waals surface area (Å²) in [5, 5.41) is 4.17. The van der Waals surface area contributed by atoms with Crippen molar-refractivity contribution in [2.24, 2.45) is 0 Å². The first-order valence-electron chi connectivity index (χ1n) is 10.0. The zero-order valence-corrected chi connectivity index (χ0v) is 17.7. The van der Waals surface area contributed by atoms with E-state index >= 15 is 0 Å². The molecule has 0 bridgehead atoms. The second-order valence-electron chi connectivity index (χ2n) is 7.35. The van der Waals surface area contributed by atoms with Crippen LogP contribution in [0.25, 0.3) is 22.2 Å². The maximum atomic E-state index is 12.1. The van der Waals surface area contributed by atoms with Crippen molar-refractivity contribution in [3.63, 3.8) is 0 Å². The van der Waals surface area contributed by atoms with Crippen LogP contribution in [-0.4, -0.2) is 39.6 Å². The number of fused-ring (bicyclic) bond motifs is 1. The van der Waals surface area contributed by atoms with Gasteiger partial charge in [-0.3, -0.25) is 9.97 Å². The molecule has 7 heteroatoms. The Morgan fingerprint density at radius 3 is 2.74 bits per heavy atom. The molecular weight excluding hydrogens is 390 g/mol. The van der Waals surface area contributed by atoms with Crippen LogP contribution in [0.4, 0.5) is 5.82 Å². The van der Waals surface area contributed by atoms with Crippen molar-refractivity contribution in [2.75, 3.05) is 19.0 Å². The monoisotopic (exact) mass is 413 g/mol. The van der Waals surface area contributed by atoms with Gasteiger partial charge in [0.05, 0.1) is 23.9 Å². The third kappa shape index (κ3) is 4.35. The van der Waals surface area contributed by atoms with Gasteiger partial charge in [-0.2, -0.15) is 0 Å². The Labute approximate surface area is 180 Å². The summed E-state index contributed by atoms with van der Waals surface area (Å²) in [5.41, 5.74) is 5.08. The van der Waals surface area contributed by atoms with E-state index in [1.807, 2.05) is 49.5 Å². The van der Waals surface area contributed by atoms with E-state index in [0.29, 0.717) is 12.1 Å². The van der Waals surface area contributed by atoms with Crippen LogP contribution < -0.4 is 5.32 Å². The highest BCUT2D eigenvalue weighted by atomic mass is 16.5. The Morgan fingerprint density at radius 1 is 1.10 bits per heavy atom. The molecule has 0 aliphatic carbocycles. The molecule has 0 aliphatic heterocycles. The summed E-state index contributed by atoms with van der Waals surface area (Å²) >= 11 is 0. The SMILES string of the molecule is COC(=O)c1ccc(C(C)CNc2cc(-c3ccc(C)nc3)ncn2)c2ncccc12. The van der Waals surface area contributed by atoms with Crippen LogP contribution >= 0.6 is 0 Å². The van der Waals surface area contributed by atoms with E-state index in [4.69, 9.17) is 4.74 Å². The van der Waals surface area contributed by atoms with Crippen molar-refractivity contribution in [2.45, 2.75) is 19.8 Å². The number of aromatic nitrogens is 4. The second-order valence-corrected chi connectivity index (χ2v) is 7.35. The molecule has 0 fully saturated rings. The van der Waals surface area contributed by atoms with E-state index in [-0.39, 0.29) is 11.9 Å². The number of anilines is 1. The average Bonchev–Trinajstić information content (AvgIpc) is 2.82. The molecule has 4 aromatic rings. The number of hydrogen-bond donors (Lipinski definition) is 1. The Hall–Kier alpha value is -3.87. The Morgan fingerprint density at radius 2 is 1.97 bits per heavy atom. The van der Waals surface area contributed by atoms with Crippen LogP contribution in [0.1, 0.15) is 34.5 Å². The van der Waals surface area contributed by atoms with Crippen molar-refractivity contribution < 1.29 is 9.53 Å². The molecule has 1 unspecified atom stereocenters. The number of methoxy groups -OCH3 is 1. The van der Waals surface area contributed by atoms with Gasteiger partial charge in [-0.25, -0.2) is 14.8 Å². The molecular formula is C24H23N5O2. The molecule has 0 aliphatic rings.